The third kappa shape index (κ3) is 3.16. The van der Waals surface area contributed by atoms with Crippen molar-refractivity contribution in [2.45, 2.75) is 31.3 Å². The molecule has 4 heteroatoms. The van der Waals surface area contributed by atoms with Gasteiger partial charge in [-0.3, -0.25) is 0 Å². The van der Waals surface area contributed by atoms with Gasteiger partial charge in [0.25, 0.3) is 0 Å². The minimum absolute atomic E-state index is 0.291. The number of rotatable bonds is 5. The monoisotopic (exact) mass is 268 g/mol. The van der Waals surface area contributed by atoms with Crippen LogP contribution in [0.25, 0.3) is 0 Å². The van der Waals surface area contributed by atoms with Crippen LogP contribution in [0.3, 0.4) is 0 Å². The van der Waals surface area contributed by atoms with Crippen LogP contribution in [0, 0.1) is 0 Å². The molecule has 1 aromatic rings. The molecule has 100 valence electrons. The lowest BCUT2D eigenvalue weighted by atomic mass is 9.98. The average Bonchev–Trinajstić information content (AvgIpc) is 2.89. The first kappa shape index (κ1) is 13.7. The van der Waals surface area contributed by atoms with Gasteiger partial charge in [0, 0.05) is 17.1 Å². The molecule has 1 saturated heterocycles. The van der Waals surface area contributed by atoms with Crippen LogP contribution >= 0.6 is 11.6 Å². The van der Waals surface area contributed by atoms with E-state index < -0.39 is 0 Å². The molecule has 0 saturated carbocycles. The fraction of sp³-hybridized carbons (Fsp3) is 0.571. The Hall–Kier alpha value is -0.770. The van der Waals surface area contributed by atoms with Crippen LogP contribution in [-0.2, 0) is 0 Å². The molecular formula is C14H21ClN2O. The molecule has 0 radical (unpaired) electrons. The molecule has 1 fully saturated rings. The Bertz CT molecular complexity index is 391. The molecule has 0 aliphatic carbocycles. The van der Waals surface area contributed by atoms with Crippen molar-refractivity contribution in [2.24, 2.45) is 0 Å². The zero-order valence-corrected chi connectivity index (χ0v) is 11.8. The molecular weight excluding hydrogens is 248 g/mol. The SMILES string of the molecule is CNC(CC1CCCN1)c1ccc(OC)cc1Cl. The Morgan fingerprint density at radius 2 is 2.39 bits per heavy atom. The smallest absolute Gasteiger partial charge is 0.120 e. The molecule has 18 heavy (non-hydrogen) atoms. The van der Waals surface area contributed by atoms with Crippen LogP contribution in [0.5, 0.6) is 5.75 Å². The summed E-state index contributed by atoms with van der Waals surface area (Å²) < 4.78 is 5.18. The predicted molar refractivity (Wildman–Crippen MR) is 75.4 cm³/mol. The van der Waals surface area contributed by atoms with Gasteiger partial charge in [-0.1, -0.05) is 17.7 Å². The molecule has 1 heterocycles. The number of hydrogen-bond acceptors (Lipinski definition) is 3. The molecule has 0 spiro atoms. The summed E-state index contributed by atoms with van der Waals surface area (Å²) in [5.74, 6) is 0.803. The van der Waals surface area contributed by atoms with E-state index in [4.69, 9.17) is 16.3 Å². The second kappa shape index (κ2) is 6.41. The van der Waals surface area contributed by atoms with Crippen LogP contribution < -0.4 is 15.4 Å². The summed E-state index contributed by atoms with van der Waals surface area (Å²) in [4.78, 5) is 0. The zero-order valence-electron chi connectivity index (χ0n) is 11.0. The summed E-state index contributed by atoms with van der Waals surface area (Å²) >= 11 is 6.33. The minimum atomic E-state index is 0.291. The highest BCUT2D eigenvalue weighted by molar-refractivity contribution is 6.31. The number of benzene rings is 1. The topological polar surface area (TPSA) is 33.3 Å². The van der Waals surface area contributed by atoms with E-state index in [-0.39, 0.29) is 0 Å². The summed E-state index contributed by atoms with van der Waals surface area (Å²) in [6.07, 6.45) is 3.60. The molecule has 2 rings (SSSR count). The summed E-state index contributed by atoms with van der Waals surface area (Å²) in [6.45, 7) is 1.14. The van der Waals surface area contributed by atoms with E-state index in [1.165, 1.54) is 12.8 Å². The first-order chi connectivity index (χ1) is 8.74. The highest BCUT2D eigenvalue weighted by atomic mass is 35.5. The van der Waals surface area contributed by atoms with Gasteiger partial charge in [0.2, 0.25) is 0 Å². The van der Waals surface area contributed by atoms with E-state index in [2.05, 4.69) is 16.7 Å². The summed E-state index contributed by atoms with van der Waals surface area (Å²) in [6, 6.07) is 6.79. The maximum atomic E-state index is 6.33. The third-order valence-electron chi connectivity index (χ3n) is 3.61. The summed E-state index contributed by atoms with van der Waals surface area (Å²) in [7, 11) is 3.64. The average molecular weight is 269 g/mol. The van der Waals surface area contributed by atoms with Gasteiger partial charge < -0.3 is 15.4 Å². The van der Waals surface area contributed by atoms with Gasteiger partial charge in [-0.2, -0.15) is 0 Å². The van der Waals surface area contributed by atoms with Crippen LogP contribution in [0.4, 0.5) is 0 Å². The van der Waals surface area contributed by atoms with Crippen molar-refractivity contribution in [1.29, 1.82) is 0 Å². The molecule has 0 bridgehead atoms. The van der Waals surface area contributed by atoms with E-state index in [9.17, 15) is 0 Å². The Balaban J connectivity index is 2.10. The van der Waals surface area contributed by atoms with Gasteiger partial charge in [0.05, 0.1) is 7.11 Å². The number of halogens is 1. The van der Waals surface area contributed by atoms with Gasteiger partial charge in [0.15, 0.2) is 0 Å². The van der Waals surface area contributed by atoms with Gasteiger partial charge in [-0.05, 0) is 50.6 Å². The highest BCUT2D eigenvalue weighted by Crippen LogP contribution is 2.30. The largest absolute Gasteiger partial charge is 0.497 e. The second-order valence-electron chi connectivity index (χ2n) is 4.76. The molecule has 0 aromatic heterocycles. The number of hydrogen-bond donors (Lipinski definition) is 2. The van der Waals surface area contributed by atoms with Crippen molar-refractivity contribution in [3.8, 4) is 5.75 Å². The maximum absolute atomic E-state index is 6.33. The molecule has 3 nitrogen and oxygen atoms in total. The highest BCUT2D eigenvalue weighted by Gasteiger charge is 2.21. The number of methoxy groups -OCH3 is 1. The summed E-state index contributed by atoms with van der Waals surface area (Å²) in [5, 5.41) is 7.65. The zero-order chi connectivity index (χ0) is 13.0. The molecule has 2 atom stereocenters. The third-order valence-corrected chi connectivity index (χ3v) is 3.94. The molecule has 1 aromatic carbocycles. The van der Waals surface area contributed by atoms with E-state index in [0.29, 0.717) is 12.1 Å². The van der Waals surface area contributed by atoms with Crippen molar-refractivity contribution in [3.63, 3.8) is 0 Å². The molecule has 1 aliphatic rings. The van der Waals surface area contributed by atoms with E-state index in [1.54, 1.807) is 7.11 Å². The van der Waals surface area contributed by atoms with Crippen molar-refractivity contribution >= 4 is 11.6 Å². The van der Waals surface area contributed by atoms with Gasteiger partial charge in [-0.15, -0.1) is 0 Å². The Morgan fingerprint density at radius 3 is 2.94 bits per heavy atom. The fourth-order valence-electron chi connectivity index (χ4n) is 2.56. The first-order valence-electron chi connectivity index (χ1n) is 6.48. The maximum Gasteiger partial charge on any atom is 0.120 e. The van der Waals surface area contributed by atoms with Crippen molar-refractivity contribution in [1.82, 2.24) is 10.6 Å². The molecule has 2 N–H and O–H groups in total. The van der Waals surface area contributed by atoms with Crippen LogP contribution in [-0.4, -0.2) is 26.7 Å². The van der Waals surface area contributed by atoms with Crippen LogP contribution in [0.1, 0.15) is 30.9 Å². The van der Waals surface area contributed by atoms with Crippen LogP contribution in [0.15, 0.2) is 18.2 Å². The van der Waals surface area contributed by atoms with E-state index in [1.807, 2.05) is 19.2 Å². The summed E-state index contributed by atoms with van der Waals surface area (Å²) in [5.41, 5.74) is 1.15. The normalized spacial score (nSPS) is 20.9. The predicted octanol–water partition coefficient (Wildman–Crippen LogP) is 2.75. The molecule has 0 amide bonds. The Kier molecular flexibility index (Phi) is 4.87. The Morgan fingerprint density at radius 1 is 1.56 bits per heavy atom. The van der Waals surface area contributed by atoms with Crippen molar-refractivity contribution in [3.05, 3.63) is 28.8 Å². The lowest BCUT2D eigenvalue weighted by Crippen LogP contribution is -2.28. The lowest BCUT2D eigenvalue weighted by molar-refractivity contribution is 0.413. The van der Waals surface area contributed by atoms with Gasteiger partial charge >= 0.3 is 0 Å². The van der Waals surface area contributed by atoms with Crippen molar-refractivity contribution in [2.75, 3.05) is 20.7 Å². The quantitative estimate of drug-likeness (QED) is 0.862. The second-order valence-corrected chi connectivity index (χ2v) is 5.16. The fourth-order valence-corrected chi connectivity index (χ4v) is 2.86. The first-order valence-corrected chi connectivity index (χ1v) is 6.86. The number of nitrogens with one attached hydrogen (secondary N) is 2. The van der Waals surface area contributed by atoms with E-state index >= 15 is 0 Å². The minimum Gasteiger partial charge on any atom is -0.497 e. The van der Waals surface area contributed by atoms with E-state index in [0.717, 1.165) is 29.3 Å². The van der Waals surface area contributed by atoms with Crippen molar-refractivity contribution < 1.29 is 4.74 Å². The van der Waals surface area contributed by atoms with Crippen LogP contribution in [0.2, 0.25) is 5.02 Å². The molecule has 2 unspecified atom stereocenters. The Labute approximate surface area is 114 Å². The van der Waals surface area contributed by atoms with Gasteiger partial charge in [0.1, 0.15) is 5.75 Å². The standard InChI is InChI=1S/C14H21ClN2O/c1-16-14(8-10-4-3-7-17-10)12-6-5-11(18-2)9-13(12)15/h5-6,9-10,14,16-17H,3-4,7-8H2,1-2H3. The number of ether oxygens (including phenoxy) is 1. The lowest BCUT2D eigenvalue weighted by Gasteiger charge is -2.22. The van der Waals surface area contributed by atoms with Gasteiger partial charge in [-0.25, -0.2) is 0 Å². The molecule has 1 aliphatic heterocycles.